The Kier molecular flexibility index (Phi) is 24.4. The first-order valence-electron chi connectivity index (χ1n) is 44.7. The summed E-state index contributed by atoms with van der Waals surface area (Å²) in [6, 6.07) is 201. The Labute approximate surface area is 768 Å². The second-order valence-corrected chi connectivity index (χ2v) is 32.4. The summed E-state index contributed by atoms with van der Waals surface area (Å²) in [6.45, 7) is 0. The Bertz CT molecular complexity index is 6530. The summed E-state index contributed by atoms with van der Waals surface area (Å²) in [5.74, 6) is 0. The topological polar surface area (TPSA) is 16.2 Å². The maximum absolute atomic E-state index is 2.33. The van der Waals surface area contributed by atoms with E-state index in [1.54, 1.807) is 0 Å². The third kappa shape index (κ3) is 18.8. The van der Waals surface area contributed by atoms with Crippen molar-refractivity contribution in [2.24, 2.45) is 0 Å². The minimum Gasteiger partial charge on any atom is -0.311 e. The van der Waals surface area contributed by atoms with E-state index in [4.69, 9.17) is 0 Å². The van der Waals surface area contributed by atoms with Gasteiger partial charge in [-0.05, 0) is 282 Å². The van der Waals surface area contributed by atoms with Crippen LogP contribution in [-0.4, -0.2) is 0 Å². The highest BCUT2D eigenvalue weighted by molar-refractivity contribution is 5.88. The first-order valence-corrected chi connectivity index (χ1v) is 44.7. The van der Waals surface area contributed by atoms with Crippen molar-refractivity contribution in [3.63, 3.8) is 0 Å². The lowest BCUT2D eigenvalue weighted by molar-refractivity contribution is 1.28. The number of hydrogen-bond acceptors (Lipinski definition) is 5. The van der Waals surface area contributed by atoms with Crippen molar-refractivity contribution < 1.29 is 0 Å². The molecule has 0 aromatic heterocycles. The fourth-order valence-electron chi connectivity index (χ4n) is 17.4. The van der Waals surface area contributed by atoms with Crippen LogP contribution in [0, 0.1) is 0 Å². The van der Waals surface area contributed by atoms with Gasteiger partial charge in [0.2, 0.25) is 0 Å². The lowest BCUT2D eigenvalue weighted by Gasteiger charge is -2.27. The predicted octanol–water partition coefficient (Wildman–Crippen LogP) is 35.7. The van der Waals surface area contributed by atoms with Gasteiger partial charge < -0.3 is 24.5 Å². The van der Waals surface area contributed by atoms with Gasteiger partial charge in [-0.25, -0.2) is 0 Å². The zero-order chi connectivity index (χ0) is 87.7. The smallest absolute Gasteiger partial charge is 0.0462 e. The van der Waals surface area contributed by atoms with Crippen LogP contribution in [-0.2, 0) is 0 Å². The van der Waals surface area contributed by atoms with Crippen molar-refractivity contribution in [2.45, 2.75) is 0 Å². The summed E-state index contributed by atoms with van der Waals surface area (Å²) in [6.07, 6.45) is 0. The van der Waals surface area contributed by atoms with Crippen molar-refractivity contribution >= 4 is 85.3 Å². The Morgan fingerprint density at radius 3 is 0.229 bits per heavy atom. The second-order valence-electron chi connectivity index (χ2n) is 32.4. The van der Waals surface area contributed by atoms with Gasteiger partial charge in [0.1, 0.15) is 0 Å². The summed E-state index contributed by atoms with van der Waals surface area (Å²) in [5, 5.41) is 0. The summed E-state index contributed by atoms with van der Waals surface area (Å²) in [5.41, 5.74) is 38.0. The van der Waals surface area contributed by atoms with Crippen LogP contribution in [0.3, 0.4) is 0 Å². The van der Waals surface area contributed by atoms with Crippen LogP contribution in [0.1, 0.15) is 0 Å². The first-order chi connectivity index (χ1) is 64.9. The fourth-order valence-corrected chi connectivity index (χ4v) is 17.4. The van der Waals surface area contributed by atoms with E-state index in [-0.39, 0.29) is 0 Å². The van der Waals surface area contributed by atoms with E-state index < -0.39 is 0 Å². The first kappa shape index (κ1) is 81.9. The minimum atomic E-state index is 1.09. The van der Waals surface area contributed by atoms with Crippen LogP contribution >= 0.6 is 0 Å². The Balaban J connectivity index is 0.000000165. The Hall–Kier alpha value is -17.4. The number of para-hydroxylation sites is 5. The molecule has 5 nitrogen and oxygen atoms in total. The van der Waals surface area contributed by atoms with Crippen LogP contribution in [0.2, 0.25) is 0 Å². The number of anilines is 15. The van der Waals surface area contributed by atoms with E-state index in [0.717, 1.165) is 96.4 Å². The fraction of sp³-hybridized carbons (Fsp3) is 0. The molecule has 0 heterocycles. The Morgan fingerprint density at radius 1 is 0.0611 bits per heavy atom. The summed E-state index contributed by atoms with van der Waals surface area (Å²) in [4.78, 5) is 11.6. The molecule has 0 saturated heterocycles. The normalized spacial score (nSPS) is 10.9. The van der Waals surface area contributed by atoms with Gasteiger partial charge in [-0.1, -0.05) is 382 Å². The molecular weight excluding hydrogens is 1580 g/mol. The molecule has 0 fully saturated rings. The maximum atomic E-state index is 2.33. The molecule has 0 aliphatic heterocycles. The van der Waals surface area contributed by atoms with Crippen LogP contribution in [0.15, 0.2) is 564 Å². The van der Waals surface area contributed by atoms with Crippen LogP contribution < -0.4 is 24.5 Å². The highest BCUT2D eigenvalue weighted by Crippen LogP contribution is 2.45. The SMILES string of the molecule is c1ccc(-c2ccc(N(c3ccc(-c4ccccc4)cc3)c3ccc(-c4ccc(N(c5ccc(-c6ccccc6)cc5)c5ccc(-c6ccccc6)cc5)cc4)cc3)cc2)cc1.c1ccc(N(c2ccccc2)c2ccc(-c3ccc(-c4ccc(N(c5ccccc5)c5ccc(-c6ccc(-c7ccc(N(c8ccccc8)c8ccccc8)cc7)cc6)cc5)cc4)cc3)cc2)cc1. The van der Waals surface area contributed by atoms with E-state index in [0.29, 0.717) is 0 Å². The van der Waals surface area contributed by atoms with Crippen LogP contribution in [0.5, 0.6) is 0 Å². The minimum absolute atomic E-state index is 1.09. The molecule has 0 amide bonds. The molecular formula is C126H93N5. The Morgan fingerprint density at radius 2 is 0.130 bits per heavy atom. The van der Waals surface area contributed by atoms with E-state index in [1.807, 2.05) is 0 Å². The quantitative estimate of drug-likeness (QED) is 0.0598. The molecule has 0 atom stereocenters. The van der Waals surface area contributed by atoms with E-state index >= 15 is 0 Å². The molecule has 5 heteroatoms. The zero-order valence-electron chi connectivity index (χ0n) is 72.4. The van der Waals surface area contributed by atoms with Crippen LogP contribution in [0.4, 0.5) is 85.3 Å². The van der Waals surface area contributed by atoms with Crippen LogP contribution in [0.25, 0.3) is 100 Å². The van der Waals surface area contributed by atoms with Crippen molar-refractivity contribution in [1.82, 2.24) is 0 Å². The van der Waals surface area contributed by atoms with Gasteiger partial charge in [-0.15, -0.1) is 0 Å². The summed E-state index contributed by atoms with van der Waals surface area (Å²) < 4.78 is 0. The molecule has 0 radical (unpaired) electrons. The van der Waals surface area contributed by atoms with E-state index in [9.17, 15) is 0 Å². The maximum Gasteiger partial charge on any atom is 0.0462 e. The average Bonchev–Trinajstić information content (AvgIpc) is 0.783. The van der Waals surface area contributed by atoms with Gasteiger partial charge in [0.25, 0.3) is 0 Å². The van der Waals surface area contributed by atoms with Gasteiger partial charge in [-0.2, -0.15) is 0 Å². The number of nitrogens with zero attached hydrogens (tertiary/aromatic N) is 5. The standard InChI is InChI=1S/C66H49N3.C60H44N2/c1-6-16-58(17-7-1)67(59-18-8-2-9-19-59)63-42-34-54(35-43-63)50-26-30-52(31-27-50)56-38-46-65(47-39-56)69(62-24-14-5-15-25-62)66-48-40-57(41-49-66)53-32-28-51(29-33-53)55-36-44-64(45-37-55)68(60-20-10-3-11-21-60)61-22-12-4-13-23-61;1-5-13-45(14-6-1)49-21-33-55(34-22-49)61(56-35-23-50(24-36-56)46-15-7-2-8-16-46)59-41-29-53(30-42-59)54-31-43-60(44-32-54)62(57-37-25-51(26-38-57)47-17-9-3-10-18-47)58-39-27-52(28-40-58)48-19-11-4-12-20-48/h1-49H;1-44H. The summed E-state index contributed by atoms with van der Waals surface area (Å²) >= 11 is 0. The monoisotopic (exact) mass is 1680 g/mol. The number of benzene rings is 21. The zero-order valence-corrected chi connectivity index (χ0v) is 72.4. The van der Waals surface area contributed by atoms with Crippen molar-refractivity contribution in [1.29, 1.82) is 0 Å². The van der Waals surface area contributed by atoms with Gasteiger partial charge in [-0.3, -0.25) is 0 Å². The average molecular weight is 1680 g/mol. The van der Waals surface area contributed by atoms with Gasteiger partial charge >= 0.3 is 0 Å². The predicted molar refractivity (Wildman–Crippen MR) is 555 cm³/mol. The van der Waals surface area contributed by atoms with Gasteiger partial charge in [0.15, 0.2) is 0 Å². The van der Waals surface area contributed by atoms with E-state index in [2.05, 4.69) is 589 Å². The lowest BCUT2D eigenvalue weighted by atomic mass is 9.99. The largest absolute Gasteiger partial charge is 0.311 e. The highest BCUT2D eigenvalue weighted by Gasteiger charge is 2.21. The van der Waals surface area contributed by atoms with Crippen molar-refractivity contribution in [3.8, 4) is 100 Å². The van der Waals surface area contributed by atoms with Gasteiger partial charge in [0.05, 0.1) is 0 Å². The van der Waals surface area contributed by atoms with Crippen molar-refractivity contribution in [3.05, 3.63) is 564 Å². The molecule has 0 saturated carbocycles. The molecule has 0 unspecified atom stereocenters. The molecule has 0 spiro atoms. The van der Waals surface area contributed by atoms with Crippen molar-refractivity contribution in [2.75, 3.05) is 24.5 Å². The second kappa shape index (κ2) is 39.0. The third-order valence-corrected chi connectivity index (χ3v) is 24.2. The number of rotatable bonds is 24. The van der Waals surface area contributed by atoms with E-state index in [1.165, 1.54) is 89.0 Å². The highest BCUT2D eigenvalue weighted by atomic mass is 15.2. The lowest BCUT2D eigenvalue weighted by Crippen LogP contribution is -2.10. The van der Waals surface area contributed by atoms with Gasteiger partial charge in [0, 0.05) is 85.3 Å². The molecule has 0 bridgehead atoms. The molecule has 622 valence electrons. The summed E-state index contributed by atoms with van der Waals surface area (Å²) in [7, 11) is 0. The number of hydrogen-bond donors (Lipinski definition) is 0. The molecule has 0 aliphatic carbocycles. The molecule has 0 aliphatic rings. The third-order valence-electron chi connectivity index (χ3n) is 24.2. The molecule has 21 rings (SSSR count). The molecule has 21 aromatic carbocycles. The molecule has 21 aromatic rings. The molecule has 0 N–H and O–H groups in total. The molecule has 131 heavy (non-hydrogen) atoms.